The fraction of sp³-hybridized carbons (Fsp3) is 0.250. The fourth-order valence-electron chi connectivity index (χ4n) is 2.28. The molecule has 0 aromatic heterocycles. The van der Waals surface area contributed by atoms with Crippen molar-refractivity contribution in [2.45, 2.75) is 26.4 Å². The molecule has 0 spiro atoms. The van der Waals surface area contributed by atoms with Crippen LogP contribution in [0.2, 0.25) is 0 Å². The highest BCUT2D eigenvalue weighted by atomic mass is 16.6. The van der Waals surface area contributed by atoms with E-state index in [0.29, 0.717) is 22.8 Å². The maximum absolute atomic E-state index is 12.1. The number of ether oxygens (including phenoxy) is 2. The van der Waals surface area contributed by atoms with Gasteiger partial charge in [-0.25, -0.2) is 9.80 Å². The molecule has 2 rings (SSSR count). The Morgan fingerprint density at radius 2 is 1.73 bits per heavy atom. The third kappa shape index (κ3) is 7.23. The lowest BCUT2D eigenvalue weighted by Gasteiger charge is -2.19. The van der Waals surface area contributed by atoms with Crippen LogP contribution in [0.15, 0.2) is 53.8 Å². The summed E-state index contributed by atoms with van der Waals surface area (Å²) in [4.78, 5) is 23.9. The van der Waals surface area contributed by atoms with Gasteiger partial charge in [0, 0.05) is 17.4 Å². The zero-order valence-corrected chi connectivity index (χ0v) is 16.9. The molecule has 0 radical (unpaired) electrons. The summed E-state index contributed by atoms with van der Waals surface area (Å²) in [5.74, 6) is 0.0254. The summed E-state index contributed by atoms with van der Waals surface area (Å²) in [5, 5.41) is 16.7. The van der Waals surface area contributed by atoms with Crippen LogP contribution in [0.25, 0.3) is 0 Å². The average molecular weight is 412 g/mol. The molecule has 2 amide bonds. The maximum Gasteiger partial charge on any atom is 0.412 e. The molecule has 10 heteroatoms. The zero-order valence-electron chi connectivity index (χ0n) is 16.9. The minimum atomic E-state index is -0.592. The number of benzene rings is 2. The summed E-state index contributed by atoms with van der Waals surface area (Å²) >= 11 is 0. The number of rotatable bonds is 8. The molecule has 158 valence electrons. The molecule has 0 atom stereocenters. The quantitative estimate of drug-likeness (QED) is 0.220. The average Bonchev–Trinajstić information content (AvgIpc) is 2.68. The van der Waals surface area contributed by atoms with Gasteiger partial charge in [-0.2, -0.15) is 5.53 Å². The van der Waals surface area contributed by atoms with E-state index < -0.39 is 11.7 Å². The molecule has 0 fully saturated rings. The van der Waals surface area contributed by atoms with Crippen molar-refractivity contribution in [3.05, 3.63) is 48.5 Å². The highest BCUT2D eigenvalue weighted by molar-refractivity contribution is 5.92. The van der Waals surface area contributed by atoms with Gasteiger partial charge < -0.3 is 14.8 Å². The van der Waals surface area contributed by atoms with Gasteiger partial charge in [0.05, 0.1) is 5.69 Å². The molecule has 0 saturated heterocycles. The van der Waals surface area contributed by atoms with Crippen LogP contribution >= 0.6 is 0 Å². The van der Waals surface area contributed by atoms with Gasteiger partial charge in [0.15, 0.2) is 6.61 Å². The Bertz CT molecular complexity index is 900. The lowest BCUT2D eigenvalue weighted by molar-refractivity contribution is -0.118. The van der Waals surface area contributed by atoms with Crippen molar-refractivity contribution in [3.8, 4) is 5.75 Å². The van der Waals surface area contributed by atoms with Crippen LogP contribution in [0, 0.1) is 10.9 Å². The Morgan fingerprint density at radius 3 is 2.30 bits per heavy atom. The highest BCUT2D eigenvalue weighted by Gasteiger charge is 2.16. The van der Waals surface area contributed by atoms with E-state index in [-0.39, 0.29) is 12.5 Å². The predicted octanol–water partition coefficient (Wildman–Crippen LogP) is 4.41. The SMILES string of the molecule is CC(C)(C)OC(=O)Nc1ccc(NC(=O)COc2cccc(N(C=N)N=N)c2)cc1. The summed E-state index contributed by atoms with van der Waals surface area (Å²) < 4.78 is 10.6. The van der Waals surface area contributed by atoms with E-state index in [1.807, 2.05) is 0 Å². The number of hydrogen-bond acceptors (Lipinski definition) is 7. The molecule has 0 aliphatic carbocycles. The Labute approximate surface area is 174 Å². The summed E-state index contributed by atoms with van der Waals surface area (Å²) in [6.45, 7) is 5.10. The van der Waals surface area contributed by atoms with Gasteiger partial charge in [0.1, 0.15) is 17.7 Å². The van der Waals surface area contributed by atoms with Crippen molar-refractivity contribution < 1.29 is 19.1 Å². The Balaban J connectivity index is 1.87. The largest absolute Gasteiger partial charge is 0.484 e. The Hall–Kier alpha value is -3.95. The van der Waals surface area contributed by atoms with Crippen LogP contribution in [-0.2, 0) is 9.53 Å². The van der Waals surface area contributed by atoms with Gasteiger partial charge in [-0.05, 0) is 57.2 Å². The van der Waals surface area contributed by atoms with Gasteiger partial charge >= 0.3 is 6.09 Å². The van der Waals surface area contributed by atoms with E-state index in [0.717, 1.165) is 11.3 Å². The smallest absolute Gasteiger partial charge is 0.412 e. The monoisotopic (exact) mass is 412 g/mol. The third-order valence-corrected chi connectivity index (χ3v) is 3.50. The third-order valence-electron chi connectivity index (χ3n) is 3.50. The first-order valence-corrected chi connectivity index (χ1v) is 9.00. The maximum atomic E-state index is 12.1. The molecule has 0 aliphatic rings. The van der Waals surface area contributed by atoms with Crippen LogP contribution in [0.1, 0.15) is 20.8 Å². The number of nitrogens with one attached hydrogen (secondary N) is 4. The van der Waals surface area contributed by atoms with Crippen molar-refractivity contribution in [2.24, 2.45) is 5.22 Å². The minimum Gasteiger partial charge on any atom is -0.484 e. The highest BCUT2D eigenvalue weighted by Crippen LogP contribution is 2.21. The molecule has 2 aromatic rings. The first-order valence-electron chi connectivity index (χ1n) is 9.00. The molecule has 0 saturated carbocycles. The molecule has 2 aromatic carbocycles. The summed E-state index contributed by atoms with van der Waals surface area (Å²) in [5.41, 5.74) is 7.96. The number of carbonyl (C=O) groups excluding carboxylic acids is 2. The van der Waals surface area contributed by atoms with Gasteiger partial charge in [-0.15, -0.1) is 0 Å². The number of anilines is 3. The minimum absolute atomic E-state index is 0.232. The van der Waals surface area contributed by atoms with E-state index in [2.05, 4.69) is 15.9 Å². The second kappa shape index (κ2) is 10.0. The van der Waals surface area contributed by atoms with Gasteiger partial charge in [0.25, 0.3) is 5.91 Å². The number of hydrogen-bond donors (Lipinski definition) is 4. The topological polar surface area (TPSA) is 140 Å². The summed E-state index contributed by atoms with van der Waals surface area (Å²) in [6.07, 6.45) is 0.329. The van der Waals surface area contributed by atoms with Crippen LogP contribution in [0.3, 0.4) is 0 Å². The number of nitrogens with zero attached hydrogens (tertiary/aromatic N) is 2. The fourth-order valence-corrected chi connectivity index (χ4v) is 2.28. The Kier molecular flexibility index (Phi) is 7.45. The van der Waals surface area contributed by atoms with Crippen LogP contribution in [-0.4, -0.2) is 30.5 Å². The van der Waals surface area contributed by atoms with Crippen molar-refractivity contribution in [1.29, 1.82) is 10.9 Å². The van der Waals surface area contributed by atoms with Gasteiger partial charge in [-0.1, -0.05) is 11.3 Å². The lowest BCUT2D eigenvalue weighted by atomic mass is 10.2. The first kappa shape index (κ1) is 22.3. The van der Waals surface area contributed by atoms with E-state index in [4.69, 9.17) is 20.4 Å². The van der Waals surface area contributed by atoms with Crippen molar-refractivity contribution >= 4 is 35.4 Å². The van der Waals surface area contributed by atoms with Gasteiger partial charge in [-0.3, -0.25) is 15.5 Å². The Morgan fingerprint density at radius 1 is 1.10 bits per heavy atom. The van der Waals surface area contributed by atoms with Crippen LogP contribution < -0.4 is 20.4 Å². The zero-order chi connectivity index (χ0) is 22.1. The van der Waals surface area contributed by atoms with E-state index in [9.17, 15) is 9.59 Å². The molecular weight excluding hydrogens is 388 g/mol. The summed E-state index contributed by atoms with van der Waals surface area (Å²) in [6, 6.07) is 13.1. The van der Waals surface area contributed by atoms with Gasteiger partial charge in [0.2, 0.25) is 0 Å². The van der Waals surface area contributed by atoms with Crippen LogP contribution in [0.4, 0.5) is 21.9 Å². The normalized spacial score (nSPS) is 10.5. The molecule has 10 nitrogen and oxygen atoms in total. The lowest BCUT2D eigenvalue weighted by Crippen LogP contribution is -2.27. The second-order valence-corrected chi connectivity index (χ2v) is 7.11. The standard InChI is InChI=1S/C20H24N6O4/c1-20(2,3)30-19(28)24-15-9-7-14(8-10-15)23-18(27)12-29-17-6-4-5-16(11-17)26(13-21)25-22/h4-11,13,21-22H,12H2,1-3H3,(H,23,27)(H,24,28). The van der Waals surface area contributed by atoms with E-state index >= 15 is 0 Å². The first-order chi connectivity index (χ1) is 14.2. The summed E-state index contributed by atoms with van der Waals surface area (Å²) in [7, 11) is 0. The second-order valence-electron chi connectivity index (χ2n) is 7.11. The van der Waals surface area contributed by atoms with Crippen LogP contribution in [0.5, 0.6) is 5.75 Å². The number of carbonyl (C=O) groups is 2. The molecule has 0 heterocycles. The molecule has 0 bridgehead atoms. The molecule has 30 heavy (non-hydrogen) atoms. The van der Waals surface area contributed by atoms with Crippen molar-refractivity contribution in [2.75, 3.05) is 22.2 Å². The molecule has 4 N–H and O–H groups in total. The van der Waals surface area contributed by atoms with Crippen molar-refractivity contribution in [3.63, 3.8) is 0 Å². The molecule has 0 unspecified atom stereocenters. The van der Waals surface area contributed by atoms with E-state index in [1.165, 1.54) is 0 Å². The molecule has 0 aliphatic heterocycles. The number of amides is 2. The van der Waals surface area contributed by atoms with E-state index in [1.54, 1.807) is 69.3 Å². The predicted molar refractivity (Wildman–Crippen MR) is 113 cm³/mol. The van der Waals surface area contributed by atoms with Crippen molar-refractivity contribution in [1.82, 2.24) is 0 Å². The molecular formula is C20H24N6O4.